The molecule has 2 amide bonds. The van der Waals surface area contributed by atoms with Crippen molar-refractivity contribution in [1.82, 2.24) is 4.90 Å². The maximum atomic E-state index is 12.4. The number of carbonyl (C=O) groups excluding carboxylic acids is 2. The zero-order valence-electron chi connectivity index (χ0n) is 15.2. The Hall–Kier alpha value is -2.09. The molecule has 2 rings (SSSR count). The van der Waals surface area contributed by atoms with Crippen LogP contribution < -0.4 is 5.32 Å². The molecule has 1 atom stereocenters. The van der Waals surface area contributed by atoms with Crippen molar-refractivity contribution in [3.8, 4) is 0 Å². The van der Waals surface area contributed by atoms with Crippen molar-refractivity contribution in [1.29, 1.82) is 0 Å². The van der Waals surface area contributed by atoms with Crippen LogP contribution in [0.1, 0.15) is 25.3 Å². The number of sulfone groups is 1. The highest BCUT2D eigenvalue weighted by atomic mass is 32.2. The standard InChI is InChI=1S/C18H26N2O5S/c1-3-25-17(21)11-14-6-8-16(9-7-14)19-18(22)20-10-4-5-15(12-20)13-26(2,23)24/h6-9,15H,3-5,10-13H2,1-2H3,(H,19,22)/t15-/m0/s1. The lowest BCUT2D eigenvalue weighted by Gasteiger charge is -2.32. The molecule has 1 aromatic rings. The van der Waals surface area contributed by atoms with E-state index in [9.17, 15) is 18.0 Å². The van der Waals surface area contributed by atoms with Crippen LogP contribution in [0.2, 0.25) is 0 Å². The lowest BCUT2D eigenvalue weighted by Crippen LogP contribution is -2.43. The van der Waals surface area contributed by atoms with Gasteiger partial charge in [-0.1, -0.05) is 12.1 Å². The molecule has 1 aliphatic rings. The summed E-state index contributed by atoms with van der Waals surface area (Å²) < 4.78 is 27.8. The third kappa shape index (κ3) is 6.67. The zero-order valence-corrected chi connectivity index (χ0v) is 16.0. The number of hydrogen-bond acceptors (Lipinski definition) is 5. The van der Waals surface area contributed by atoms with Crippen molar-refractivity contribution in [3.63, 3.8) is 0 Å². The number of benzene rings is 1. The molecule has 0 aromatic heterocycles. The van der Waals surface area contributed by atoms with Crippen LogP contribution in [-0.4, -0.2) is 57.0 Å². The Labute approximate surface area is 154 Å². The number of esters is 1. The van der Waals surface area contributed by atoms with Crippen LogP contribution in [-0.2, 0) is 25.8 Å². The number of nitrogens with one attached hydrogen (secondary N) is 1. The highest BCUT2D eigenvalue weighted by Crippen LogP contribution is 2.19. The quantitative estimate of drug-likeness (QED) is 0.761. The second kappa shape index (κ2) is 9.02. The highest BCUT2D eigenvalue weighted by molar-refractivity contribution is 7.90. The van der Waals surface area contributed by atoms with Crippen LogP contribution in [0.5, 0.6) is 0 Å². The van der Waals surface area contributed by atoms with Gasteiger partial charge >= 0.3 is 12.0 Å². The molecule has 1 aliphatic heterocycles. The summed E-state index contributed by atoms with van der Waals surface area (Å²) in [4.78, 5) is 25.5. The Bertz CT molecular complexity index is 730. The number of anilines is 1. The van der Waals surface area contributed by atoms with E-state index in [-0.39, 0.29) is 30.1 Å². The summed E-state index contributed by atoms with van der Waals surface area (Å²) in [5.74, 6) is -0.190. The van der Waals surface area contributed by atoms with Crippen molar-refractivity contribution in [2.24, 2.45) is 5.92 Å². The van der Waals surface area contributed by atoms with E-state index < -0.39 is 9.84 Å². The third-order valence-electron chi connectivity index (χ3n) is 4.20. The van der Waals surface area contributed by atoms with Crippen LogP contribution in [0, 0.1) is 5.92 Å². The van der Waals surface area contributed by atoms with E-state index in [0.717, 1.165) is 18.4 Å². The van der Waals surface area contributed by atoms with Gasteiger partial charge < -0.3 is 15.0 Å². The van der Waals surface area contributed by atoms with Gasteiger partial charge in [-0.2, -0.15) is 0 Å². The second-order valence-corrected chi connectivity index (χ2v) is 8.84. The van der Waals surface area contributed by atoms with Gasteiger partial charge in [0.1, 0.15) is 9.84 Å². The maximum Gasteiger partial charge on any atom is 0.321 e. The smallest absolute Gasteiger partial charge is 0.321 e. The molecule has 7 nitrogen and oxygen atoms in total. The van der Waals surface area contributed by atoms with Crippen LogP contribution in [0.15, 0.2) is 24.3 Å². The average Bonchev–Trinajstić information content (AvgIpc) is 2.55. The van der Waals surface area contributed by atoms with Gasteiger partial charge in [-0.25, -0.2) is 13.2 Å². The van der Waals surface area contributed by atoms with E-state index in [1.165, 1.54) is 6.26 Å². The zero-order chi connectivity index (χ0) is 19.2. The van der Waals surface area contributed by atoms with Crippen molar-refractivity contribution < 1.29 is 22.7 Å². The number of piperidine rings is 1. The number of likely N-dealkylation sites (tertiary alicyclic amines) is 1. The molecule has 1 fully saturated rings. The summed E-state index contributed by atoms with van der Waals surface area (Å²) in [6.45, 7) is 3.17. The van der Waals surface area contributed by atoms with Gasteiger partial charge in [0.25, 0.3) is 0 Å². The van der Waals surface area contributed by atoms with Gasteiger partial charge in [0.15, 0.2) is 0 Å². The van der Waals surface area contributed by atoms with E-state index in [4.69, 9.17) is 4.74 Å². The molecule has 1 aromatic carbocycles. The summed E-state index contributed by atoms with van der Waals surface area (Å²) >= 11 is 0. The molecular weight excluding hydrogens is 356 g/mol. The molecule has 0 saturated carbocycles. The average molecular weight is 382 g/mol. The van der Waals surface area contributed by atoms with E-state index in [0.29, 0.717) is 25.4 Å². The summed E-state index contributed by atoms with van der Waals surface area (Å²) in [6.07, 6.45) is 3.04. The molecule has 144 valence electrons. The largest absolute Gasteiger partial charge is 0.466 e. The molecule has 1 N–H and O–H groups in total. The number of urea groups is 1. The third-order valence-corrected chi connectivity index (χ3v) is 5.28. The summed E-state index contributed by atoms with van der Waals surface area (Å²) in [7, 11) is -3.05. The Morgan fingerprint density at radius 3 is 2.58 bits per heavy atom. The fourth-order valence-corrected chi connectivity index (χ4v) is 4.23. The maximum absolute atomic E-state index is 12.4. The van der Waals surface area contributed by atoms with Crippen LogP contribution in [0.4, 0.5) is 10.5 Å². The molecule has 0 unspecified atom stereocenters. The van der Waals surface area contributed by atoms with E-state index >= 15 is 0 Å². The molecular formula is C18H26N2O5S. The lowest BCUT2D eigenvalue weighted by molar-refractivity contribution is -0.142. The molecule has 26 heavy (non-hydrogen) atoms. The topological polar surface area (TPSA) is 92.8 Å². The SMILES string of the molecule is CCOC(=O)Cc1ccc(NC(=O)N2CCC[C@H](CS(C)(=O)=O)C2)cc1. The Morgan fingerprint density at radius 2 is 1.96 bits per heavy atom. The minimum Gasteiger partial charge on any atom is -0.466 e. The first-order valence-electron chi connectivity index (χ1n) is 8.75. The summed E-state index contributed by atoms with van der Waals surface area (Å²) in [5.41, 5.74) is 1.44. The number of rotatable bonds is 6. The number of carbonyl (C=O) groups is 2. The van der Waals surface area contributed by atoms with Gasteiger partial charge in [-0.15, -0.1) is 0 Å². The minimum absolute atomic E-state index is 0.0172. The van der Waals surface area contributed by atoms with E-state index in [1.54, 1.807) is 36.1 Å². The van der Waals surface area contributed by atoms with Gasteiger partial charge in [0, 0.05) is 25.0 Å². The van der Waals surface area contributed by atoms with Gasteiger partial charge in [0.05, 0.1) is 18.8 Å². The van der Waals surface area contributed by atoms with Crippen molar-refractivity contribution in [3.05, 3.63) is 29.8 Å². The number of nitrogens with zero attached hydrogens (tertiary/aromatic N) is 1. The second-order valence-electron chi connectivity index (χ2n) is 6.66. The lowest BCUT2D eigenvalue weighted by atomic mass is 10.0. The van der Waals surface area contributed by atoms with Crippen molar-refractivity contribution in [2.45, 2.75) is 26.2 Å². The normalized spacial score (nSPS) is 17.6. The van der Waals surface area contributed by atoms with Crippen LogP contribution in [0.25, 0.3) is 0 Å². The van der Waals surface area contributed by atoms with Crippen LogP contribution in [0.3, 0.4) is 0 Å². The first-order valence-corrected chi connectivity index (χ1v) is 10.8. The van der Waals surface area contributed by atoms with Crippen molar-refractivity contribution in [2.75, 3.05) is 37.0 Å². The summed E-state index contributed by atoms with van der Waals surface area (Å²) in [6, 6.07) is 6.79. The molecule has 8 heteroatoms. The van der Waals surface area contributed by atoms with Crippen molar-refractivity contribution >= 4 is 27.5 Å². The minimum atomic E-state index is -3.05. The Kier molecular flexibility index (Phi) is 7.02. The van der Waals surface area contributed by atoms with Gasteiger partial charge in [-0.05, 0) is 43.4 Å². The molecule has 0 aliphatic carbocycles. The Balaban J connectivity index is 1.89. The molecule has 0 radical (unpaired) electrons. The first-order chi connectivity index (χ1) is 12.3. The predicted molar refractivity (Wildman–Crippen MR) is 99.8 cm³/mol. The molecule has 0 bridgehead atoms. The Morgan fingerprint density at radius 1 is 1.27 bits per heavy atom. The predicted octanol–water partition coefficient (Wildman–Crippen LogP) is 2.08. The molecule has 1 heterocycles. The molecule has 0 spiro atoms. The number of amides is 2. The number of ether oxygens (including phenoxy) is 1. The monoisotopic (exact) mass is 382 g/mol. The van der Waals surface area contributed by atoms with E-state index in [2.05, 4.69) is 5.32 Å². The molecule has 1 saturated heterocycles. The van der Waals surface area contributed by atoms with Gasteiger partial charge in [0.2, 0.25) is 0 Å². The highest BCUT2D eigenvalue weighted by Gasteiger charge is 2.26. The first kappa shape index (κ1) is 20.2. The fourth-order valence-electron chi connectivity index (χ4n) is 3.10. The summed E-state index contributed by atoms with van der Waals surface area (Å²) in [5, 5.41) is 2.82. The van der Waals surface area contributed by atoms with Crippen LogP contribution >= 0.6 is 0 Å². The van der Waals surface area contributed by atoms with E-state index in [1.807, 2.05) is 0 Å². The fraction of sp³-hybridized carbons (Fsp3) is 0.556. The number of hydrogen-bond donors (Lipinski definition) is 1. The van der Waals surface area contributed by atoms with Gasteiger partial charge in [-0.3, -0.25) is 4.79 Å².